The number of benzene rings is 2. The van der Waals surface area contributed by atoms with E-state index in [-0.39, 0.29) is 12.5 Å². The molecule has 8 heteroatoms. The van der Waals surface area contributed by atoms with Crippen molar-refractivity contribution in [3.05, 3.63) is 54.1 Å². The lowest BCUT2D eigenvalue weighted by atomic mass is 10.1. The summed E-state index contributed by atoms with van der Waals surface area (Å²) >= 11 is 0. The fourth-order valence-electron chi connectivity index (χ4n) is 3.08. The molecular weight excluding hydrogens is 378 g/mol. The SMILES string of the molecule is Cc1ccc2c(c1)N(S(C)(=O)=O)C[C@@H](C(=O)NCCN(C)c1ccccc1)O2. The first kappa shape index (κ1) is 20.0. The van der Waals surface area contributed by atoms with Crippen molar-refractivity contribution < 1.29 is 17.9 Å². The molecular formula is C20H25N3O4S. The maximum Gasteiger partial charge on any atom is 0.263 e. The van der Waals surface area contributed by atoms with E-state index in [1.54, 1.807) is 12.1 Å². The van der Waals surface area contributed by atoms with E-state index in [0.717, 1.165) is 17.5 Å². The smallest absolute Gasteiger partial charge is 0.263 e. The number of para-hydroxylation sites is 1. The summed E-state index contributed by atoms with van der Waals surface area (Å²) in [6, 6.07) is 15.1. The van der Waals surface area contributed by atoms with Crippen LogP contribution < -0.4 is 19.3 Å². The second-order valence-corrected chi connectivity index (χ2v) is 8.83. The number of carbonyl (C=O) groups excluding carboxylic acids is 1. The van der Waals surface area contributed by atoms with Gasteiger partial charge in [-0.15, -0.1) is 0 Å². The summed E-state index contributed by atoms with van der Waals surface area (Å²) in [5, 5.41) is 2.84. The van der Waals surface area contributed by atoms with Gasteiger partial charge in [0.25, 0.3) is 5.91 Å². The quantitative estimate of drug-likeness (QED) is 0.795. The van der Waals surface area contributed by atoms with Crippen LogP contribution in [0.2, 0.25) is 0 Å². The standard InChI is InChI=1S/C20H25N3O4S/c1-15-9-10-18-17(13-15)23(28(3,25)26)14-19(27-18)20(24)21-11-12-22(2)16-7-5-4-6-8-16/h4-10,13,19H,11-12,14H2,1-3H3,(H,21,24)/t19-/m0/s1. The number of sulfonamides is 1. The molecule has 0 fully saturated rings. The average Bonchev–Trinajstić information content (AvgIpc) is 2.66. The first-order valence-corrected chi connectivity index (χ1v) is 10.9. The lowest BCUT2D eigenvalue weighted by Crippen LogP contribution is -2.51. The van der Waals surface area contributed by atoms with Gasteiger partial charge in [-0.2, -0.15) is 0 Å². The molecule has 0 bridgehead atoms. The molecule has 28 heavy (non-hydrogen) atoms. The van der Waals surface area contributed by atoms with Crippen molar-refractivity contribution in [3.8, 4) is 5.75 Å². The van der Waals surface area contributed by atoms with E-state index in [1.807, 2.05) is 55.3 Å². The molecule has 1 heterocycles. The molecule has 0 aromatic heterocycles. The molecule has 1 aliphatic heterocycles. The normalized spacial score (nSPS) is 16.1. The van der Waals surface area contributed by atoms with Crippen molar-refractivity contribution in [1.29, 1.82) is 0 Å². The molecule has 1 N–H and O–H groups in total. The summed E-state index contributed by atoms with van der Waals surface area (Å²) in [7, 11) is -1.58. The Hall–Kier alpha value is -2.74. The van der Waals surface area contributed by atoms with Gasteiger partial charge in [-0.25, -0.2) is 8.42 Å². The molecule has 7 nitrogen and oxygen atoms in total. The highest BCUT2D eigenvalue weighted by molar-refractivity contribution is 7.92. The van der Waals surface area contributed by atoms with Gasteiger partial charge in [-0.05, 0) is 36.8 Å². The number of carbonyl (C=O) groups is 1. The largest absolute Gasteiger partial charge is 0.476 e. The predicted molar refractivity (Wildman–Crippen MR) is 111 cm³/mol. The first-order valence-electron chi connectivity index (χ1n) is 9.04. The second-order valence-electron chi connectivity index (χ2n) is 6.92. The number of nitrogens with zero attached hydrogens (tertiary/aromatic N) is 2. The summed E-state index contributed by atoms with van der Waals surface area (Å²) < 4.78 is 31.5. The highest BCUT2D eigenvalue weighted by atomic mass is 32.2. The van der Waals surface area contributed by atoms with E-state index in [4.69, 9.17) is 4.74 Å². The van der Waals surface area contributed by atoms with Crippen molar-refractivity contribution in [1.82, 2.24) is 5.32 Å². The Morgan fingerprint density at radius 1 is 1.25 bits per heavy atom. The average molecular weight is 404 g/mol. The van der Waals surface area contributed by atoms with Crippen molar-refractivity contribution in [2.75, 3.05) is 42.1 Å². The summed E-state index contributed by atoms with van der Waals surface area (Å²) in [5.41, 5.74) is 2.44. The number of rotatable bonds is 6. The molecule has 0 unspecified atom stereocenters. The van der Waals surface area contributed by atoms with Gasteiger partial charge >= 0.3 is 0 Å². The van der Waals surface area contributed by atoms with Gasteiger partial charge in [0.1, 0.15) is 5.75 Å². The van der Waals surface area contributed by atoms with Gasteiger partial charge in [-0.1, -0.05) is 24.3 Å². The number of nitrogens with one attached hydrogen (secondary N) is 1. The zero-order valence-electron chi connectivity index (χ0n) is 16.3. The van der Waals surface area contributed by atoms with E-state index in [9.17, 15) is 13.2 Å². The summed E-state index contributed by atoms with van der Waals surface area (Å²) in [4.78, 5) is 14.6. The molecule has 0 saturated heterocycles. The number of hydrogen-bond acceptors (Lipinski definition) is 5. The molecule has 150 valence electrons. The van der Waals surface area contributed by atoms with Crippen LogP contribution in [-0.4, -0.2) is 53.4 Å². The second kappa shape index (κ2) is 8.10. The topological polar surface area (TPSA) is 79.0 Å². The minimum absolute atomic E-state index is 0.0460. The highest BCUT2D eigenvalue weighted by Gasteiger charge is 2.34. The third-order valence-electron chi connectivity index (χ3n) is 4.62. The van der Waals surface area contributed by atoms with Crippen LogP contribution in [0, 0.1) is 6.92 Å². The highest BCUT2D eigenvalue weighted by Crippen LogP contribution is 2.35. The van der Waals surface area contributed by atoms with E-state index in [2.05, 4.69) is 5.32 Å². The fourth-order valence-corrected chi connectivity index (χ4v) is 3.99. The summed E-state index contributed by atoms with van der Waals surface area (Å²) in [6.45, 7) is 2.87. The lowest BCUT2D eigenvalue weighted by Gasteiger charge is -2.34. The molecule has 0 radical (unpaired) electrons. The molecule has 1 atom stereocenters. The maximum atomic E-state index is 12.6. The Kier molecular flexibility index (Phi) is 5.79. The van der Waals surface area contributed by atoms with Crippen molar-refractivity contribution in [3.63, 3.8) is 0 Å². The van der Waals surface area contributed by atoms with Gasteiger partial charge in [0.15, 0.2) is 6.10 Å². The van der Waals surface area contributed by atoms with Crippen molar-refractivity contribution in [2.45, 2.75) is 13.0 Å². The van der Waals surface area contributed by atoms with E-state index >= 15 is 0 Å². The Bertz CT molecular complexity index is 947. The van der Waals surface area contributed by atoms with Crippen LogP contribution in [-0.2, 0) is 14.8 Å². The predicted octanol–water partition coefficient (Wildman–Crippen LogP) is 1.77. The van der Waals surface area contributed by atoms with E-state index in [1.165, 1.54) is 4.31 Å². The van der Waals surface area contributed by atoms with Crippen LogP contribution >= 0.6 is 0 Å². The zero-order valence-corrected chi connectivity index (χ0v) is 17.1. The molecule has 0 spiro atoms. The van der Waals surface area contributed by atoms with Crippen molar-refractivity contribution in [2.24, 2.45) is 0 Å². The number of ether oxygens (including phenoxy) is 1. The van der Waals surface area contributed by atoms with Crippen LogP contribution in [0.5, 0.6) is 5.75 Å². The summed E-state index contributed by atoms with van der Waals surface area (Å²) in [6.07, 6.45) is 0.237. The van der Waals surface area contributed by atoms with Crippen LogP contribution in [0.1, 0.15) is 5.56 Å². The minimum atomic E-state index is -3.53. The molecule has 2 aromatic rings. The third-order valence-corrected chi connectivity index (χ3v) is 5.77. The number of likely N-dealkylation sites (N-methyl/N-ethyl adjacent to an activating group) is 1. The number of amides is 1. The molecule has 0 aliphatic carbocycles. The maximum absolute atomic E-state index is 12.6. The molecule has 2 aromatic carbocycles. The minimum Gasteiger partial charge on any atom is -0.476 e. The Balaban J connectivity index is 1.65. The Morgan fingerprint density at radius 2 is 1.96 bits per heavy atom. The van der Waals surface area contributed by atoms with E-state index < -0.39 is 16.1 Å². The monoisotopic (exact) mass is 403 g/mol. The molecule has 3 rings (SSSR count). The van der Waals surface area contributed by atoms with Crippen LogP contribution in [0.3, 0.4) is 0 Å². The lowest BCUT2D eigenvalue weighted by molar-refractivity contribution is -0.127. The van der Waals surface area contributed by atoms with Gasteiger partial charge < -0.3 is 15.0 Å². The van der Waals surface area contributed by atoms with Crippen LogP contribution in [0.15, 0.2) is 48.5 Å². The number of anilines is 2. The van der Waals surface area contributed by atoms with Gasteiger partial charge in [0.2, 0.25) is 10.0 Å². The number of aryl methyl sites for hydroxylation is 1. The van der Waals surface area contributed by atoms with Gasteiger partial charge in [0, 0.05) is 25.8 Å². The first-order chi connectivity index (χ1) is 13.3. The Labute approximate surface area is 166 Å². The third kappa shape index (κ3) is 4.56. The van der Waals surface area contributed by atoms with Crippen LogP contribution in [0.4, 0.5) is 11.4 Å². The number of hydrogen-bond donors (Lipinski definition) is 1. The van der Waals surface area contributed by atoms with Crippen LogP contribution in [0.25, 0.3) is 0 Å². The zero-order chi connectivity index (χ0) is 20.3. The van der Waals surface area contributed by atoms with Gasteiger partial charge in [-0.3, -0.25) is 9.10 Å². The van der Waals surface area contributed by atoms with Gasteiger partial charge in [0.05, 0.1) is 18.5 Å². The molecule has 0 saturated carbocycles. The van der Waals surface area contributed by atoms with E-state index in [0.29, 0.717) is 24.5 Å². The number of fused-ring (bicyclic) bond motifs is 1. The van der Waals surface area contributed by atoms with Crippen molar-refractivity contribution >= 4 is 27.3 Å². The summed E-state index contributed by atoms with van der Waals surface area (Å²) in [5.74, 6) is 0.0603. The molecule has 1 amide bonds. The molecule has 1 aliphatic rings. The fraction of sp³-hybridized carbons (Fsp3) is 0.350. The Morgan fingerprint density at radius 3 is 2.64 bits per heavy atom.